The van der Waals surface area contributed by atoms with Crippen LogP contribution in [0.3, 0.4) is 0 Å². The van der Waals surface area contributed by atoms with E-state index in [0.29, 0.717) is 18.3 Å². The van der Waals surface area contributed by atoms with Gasteiger partial charge in [-0.2, -0.15) is 0 Å². The standard InChI is InChI=1S/C16H24N2O/c1-4-18(11-12(2)3)16(19)9-13-10-17-15-8-6-5-7-14(13)15/h5-8,12-13,17H,4,9-11H2,1-3H3. The molecule has 1 aromatic rings. The molecule has 1 aromatic carbocycles. The summed E-state index contributed by atoms with van der Waals surface area (Å²) in [6, 6.07) is 8.31. The van der Waals surface area contributed by atoms with Crippen LogP contribution in [0.4, 0.5) is 5.69 Å². The van der Waals surface area contributed by atoms with Crippen molar-refractivity contribution >= 4 is 11.6 Å². The molecular formula is C16H24N2O. The van der Waals surface area contributed by atoms with Crippen molar-refractivity contribution in [2.24, 2.45) is 5.92 Å². The molecule has 0 saturated heterocycles. The smallest absolute Gasteiger partial charge is 0.223 e. The summed E-state index contributed by atoms with van der Waals surface area (Å²) in [5.74, 6) is 1.13. The highest BCUT2D eigenvalue weighted by atomic mass is 16.2. The average Bonchev–Trinajstić information content (AvgIpc) is 2.79. The molecule has 3 heteroatoms. The zero-order chi connectivity index (χ0) is 13.8. The number of fused-ring (bicyclic) bond motifs is 1. The molecule has 0 aromatic heterocycles. The first-order chi connectivity index (χ1) is 9.11. The number of rotatable bonds is 5. The van der Waals surface area contributed by atoms with E-state index in [9.17, 15) is 4.79 Å². The maximum absolute atomic E-state index is 12.4. The minimum absolute atomic E-state index is 0.278. The zero-order valence-corrected chi connectivity index (χ0v) is 12.1. The molecule has 0 bridgehead atoms. The molecule has 19 heavy (non-hydrogen) atoms. The number of carbonyl (C=O) groups is 1. The fourth-order valence-corrected chi connectivity index (χ4v) is 2.73. The van der Waals surface area contributed by atoms with Crippen LogP contribution >= 0.6 is 0 Å². The van der Waals surface area contributed by atoms with Crippen molar-refractivity contribution in [3.8, 4) is 0 Å². The normalized spacial score (nSPS) is 17.2. The van der Waals surface area contributed by atoms with Gasteiger partial charge in [-0.25, -0.2) is 0 Å². The first-order valence-corrected chi connectivity index (χ1v) is 7.22. The number of anilines is 1. The van der Waals surface area contributed by atoms with Crippen LogP contribution < -0.4 is 5.32 Å². The molecule has 1 heterocycles. The van der Waals surface area contributed by atoms with Gasteiger partial charge in [0.15, 0.2) is 0 Å². The molecule has 0 spiro atoms. The van der Waals surface area contributed by atoms with E-state index in [1.54, 1.807) is 0 Å². The molecule has 104 valence electrons. The van der Waals surface area contributed by atoms with E-state index in [2.05, 4.69) is 44.3 Å². The molecule has 1 aliphatic rings. The highest BCUT2D eigenvalue weighted by molar-refractivity contribution is 5.78. The highest BCUT2D eigenvalue weighted by Crippen LogP contribution is 2.33. The zero-order valence-electron chi connectivity index (χ0n) is 12.1. The van der Waals surface area contributed by atoms with Gasteiger partial charge in [-0.15, -0.1) is 0 Å². The van der Waals surface area contributed by atoms with Crippen molar-refractivity contribution in [1.29, 1.82) is 0 Å². The van der Waals surface area contributed by atoms with Crippen molar-refractivity contribution in [3.05, 3.63) is 29.8 Å². The molecule has 1 atom stereocenters. The largest absolute Gasteiger partial charge is 0.384 e. The predicted molar refractivity (Wildman–Crippen MR) is 79.4 cm³/mol. The van der Waals surface area contributed by atoms with E-state index < -0.39 is 0 Å². The summed E-state index contributed by atoms with van der Waals surface area (Å²) < 4.78 is 0. The third-order valence-corrected chi connectivity index (χ3v) is 3.68. The highest BCUT2D eigenvalue weighted by Gasteiger charge is 2.25. The molecule has 1 amide bonds. The second kappa shape index (κ2) is 6.09. The lowest BCUT2D eigenvalue weighted by Crippen LogP contribution is -2.35. The summed E-state index contributed by atoms with van der Waals surface area (Å²) >= 11 is 0. The molecule has 1 N–H and O–H groups in total. The van der Waals surface area contributed by atoms with Crippen molar-refractivity contribution in [2.75, 3.05) is 25.0 Å². The second-order valence-electron chi connectivity index (χ2n) is 5.70. The Morgan fingerprint density at radius 1 is 1.42 bits per heavy atom. The Morgan fingerprint density at radius 3 is 2.84 bits per heavy atom. The molecule has 1 unspecified atom stereocenters. The lowest BCUT2D eigenvalue weighted by molar-refractivity contribution is -0.131. The van der Waals surface area contributed by atoms with Gasteiger partial charge in [-0.05, 0) is 24.5 Å². The Morgan fingerprint density at radius 2 is 2.16 bits per heavy atom. The van der Waals surface area contributed by atoms with Gasteiger partial charge in [0.1, 0.15) is 0 Å². The van der Waals surface area contributed by atoms with Gasteiger partial charge < -0.3 is 10.2 Å². The van der Waals surface area contributed by atoms with Crippen molar-refractivity contribution in [3.63, 3.8) is 0 Å². The van der Waals surface area contributed by atoms with E-state index >= 15 is 0 Å². The molecular weight excluding hydrogens is 236 g/mol. The van der Waals surface area contributed by atoms with Crippen LogP contribution in [0.5, 0.6) is 0 Å². The van der Waals surface area contributed by atoms with Gasteiger partial charge in [-0.1, -0.05) is 32.0 Å². The number of amides is 1. The van der Waals surface area contributed by atoms with Gasteiger partial charge in [-0.3, -0.25) is 4.79 Å². The van der Waals surface area contributed by atoms with Crippen molar-refractivity contribution < 1.29 is 4.79 Å². The fourth-order valence-electron chi connectivity index (χ4n) is 2.73. The van der Waals surface area contributed by atoms with E-state index in [1.165, 1.54) is 11.3 Å². The first kappa shape index (κ1) is 13.9. The topological polar surface area (TPSA) is 32.3 Å². The Hall–Kier alpha value is -1.51. The minimum Gasteiger partial charge on any atom is -0.384 e. The van der Waals surface area contributed by atoms with E-state index in [-0.39, 0.29) is 5.91 Å². The monoisotopic (exact) mass is 260 g/mol. The molecule has 0 saturated carbocycles. The Bertz CT molecular complexity index is 442. The molecule has 0 fully saturated rings. The van der Waals surface area contributed by atoms with E-state index in [1.807, 2.05) is 11.0 Å². The van der Waals surface area contributed by atoms with Crippen LogP contribution in [0.2, 0.25) is 0 Å². The molecule has 2 rings (SSSR count). The van der Waals surface area contributed by atoms with Crippen LogP contribution in [0.1, 0.15) is 38.7 Å². The van der Waals surface area contributed by atoms with Crippen LogP contribution in [0, 0.1) is 5.92 Å². The van der Waals surface area contributed by atoms with Gasteiger partial charge in [0, 0.05) is 37.7 Å². The number of benzene rings is 1. The fraction of sp³-hybridized carbons (Fsp3) is 0.562. The molecule has 0 radical (unpaired) electrons. The van der Waals surface area contributed by atoms with Crippen molar-refractivity contribution in [2.45, 2.75) is 33.1 Å². The second-order valence-corrected chi connectivity index (χ2v) is 5.70. The Balaban J connectivity index is 2.00. The third kappa shape index (κ3) is 3.28. The number of nitrogens with zero attached hydrogens (tertiary/aromatic N) is 1. The van der Waals surface area contributed by atoms with Gasteiger partial charge in [0.2, 0.25) is 5.91 Å². The summed E-state index contributed by atoms with van der Waals surface area (Å²) in [6.45, 7) is 8.91. The predicted octanol–water partition coefficient (Wildman–Crippen LogP) is 3.09. The van der Waals surface area contributed by atoms with E-state index in [0.717, 1.165) is 19.6 Å². The third-order valence-electron chi connectivity index (χ3n) is 3.68. The van der Waals surface area contributed by atoms with Crippen LogP contribution in [-0.2, 0) is 4.79 Å². The summed E-state index contributed by atoms with van der Waals surface area (Å²) in [6.07, 6.45) is 0.616. The molecule has 0 aliphatic carbocycles. The molecule has 3 nitrogen and oxygen atoms in total. The number of hydrogen-bond donors (Lipinski definition) is 1. The maximum Gasteiger partial charge on any atom is 0.223 e. The summed E-state index contributed by atoms with van der Waals surface area (Å²) in [7, 11) is 0. The van der Waals surface area contributed by atoms with Crippen LogP contribution in [-0.4, -0.2) is 30.4 Å². The van der Waals surface area contributed by atoms with Gasteiger partial charge in [0.25, 0.3) is 0 Å². The maximum atomic E-state index is 12.4. The van der Waals surface area contributed by atoms with Gasteiger partial charge >= 0.3 is 0 Å². The Labute approximate surface area is 116 Å². The lowest BCUT2D eigenvalue weighted by atomic mass is 9.97. The average molecular weight is 260 g/mol. The number of nitrogens with one attached hydrogen (secondary N) is 1. The number of para-hydroxylation sites is 1. The lowest BCUT2D eigenvalue weighted by Gasteiger charge is -2.24. The summed E-state index contributed by atoms with van der Waals surface area (Å²) in [5, 5.41) is 3.38. The van der Waals surface area contributed by atoms with Crippen molar-refractivity contribution in [1.82, 2.24) is 4.90 Å². The summed E-state index contributed by atoms with van der Waals surface area (Å²) in [4.78, 5) is 14.4. The minimum atomic E-state index is 0.278. The van der Waals surface area contributed by atoms with Gasteiger partial charge in [0.05, 0.1) is 0 Å². The summed E-state index contributed by atoms with van der Waals surface area (Å²) in [5.41, 5.74) is 2.48. The SMILES string of the molecule is CCN(CC(C)C)C(=O)CC1CNc2ccccc21. The first-order valence-electron chi connectivity index (χ1n) is 7.22. The molecule has 1 aliphatic heterocycles. The number of carbonyl (C=O) groups excluding carboxylic acids is 1. The van der Waals surface area contributed by atoms with E-state index in [4.69, 9.17) is 0 Å². The van der Waals surface area contributed by atoms with Crippen LogP contribution in [0.25, 0.3) is 0 Å². The number of hydrogen-bond acceptors (Lipinski definition) is 2. The van der Waals surface area contributed by atoms with Crippen LogP contribution in [0.15, 0.2) is 24.3 Å². The Kier molecular flexibility index (Phi) is 4.46. The quantitative estimate of drug-likeness (QED) is 0.882.